The number of ether oxygens (including phenoxy) is 2. The summed E-state index contributed by atoms with van der Waals surface area (Å²) >= 11 is 1.40. The van der Waals surface area contributed by atoms with E-state index in [9.17, 15) is 19.1 Å². The van der Waals surface area contributed by atoms with Crippen LogP contribution in [0.25, 0.3) is 5.76 Å². The van der Waals surface area contributed by atoms with E-state index in [1.807, 2.05) is 18.4 Å². The quantitative estimate of drug-likeness (QED) is 0.319. The van der Waals surface area contributed by atoms with E-state index in [2.05, 4.69) is 0 Å². The van der Waals surface area contributed by atoms with Crippen molar-refractivity contribution in [1.82, 2.24) is 4.90 Å². The highest BCUT2D eigenvalue weighted by Crippen LogP contribution is 2.44. The topological polar surface area (TPSA) is 76.1 Å². The van der Waals surface area contributed by atoms with Gasteiger partial charge in [-0.2, -0.15) is 0 Å². The highest BCUT2D eigenvalue weighted by atomic mass is 32.1. The molecule has 170 valence electrons. The van der Waals surface area contributed by atoms with E-state index in [-0.39, 0.29) is 23.4 Å². The largest absolute Gasteiger partial charge is 0.507 e. The number of ketones is 1. The second kappa shape index (κ2) is 9.07. The molecule has 1 N–H and O–H groups in total. The number of aliphatic hydroxyl groups is 1. The van der Waals surface area contributed by atoms with Gasteiger partial charge in [-0.1, -0.05) is 12.1 Å². The number of hydrogen-bond donors (Lipinski definition) is 1. The summed E-state index contributed by atoms with van der Waals surface area (Å²) in [6, 6.07) is 11.7. The number of aliphatic hydroxyl groups excluding tert-OH is 1. The van der Waals surface area contributed by atoms with Gasteiger partial charge in [0.05, 0.1) is 25.4 Å². The molecular weight excluding hydrogens is 445 g/mol. The molecule has 33 heavy (non-hydrogen) atoms. The summed E-state index contributed by atoms with van der Waals surface area (Å²) in [5.74, 6) is -1.41. The number of hydrogen-bond acceptors (Lipinski definition) is 6. The maximum atomic E-state index is 13.4. The third-order valence-electron chi connectivity index (χ3n) is 5.62. The van der Waals surface area contributed by atoms with Crippen LogP contribution in [-0.4, -0.2) is 35.9 Å². The maximum Gasteiger partial charge on any atom is 0.295 e. The average molecular weight is 468 g/mol. The Morgan fingerprint density at radius 3 is 2.42 bits per heavy atom. The van der Waals surface area contributed by atoms with Crippen molar-refractivity contribution < 1.29 is 28.6 Å². The summed E-state index contributed by atoms with van der Waals surface area (Å²) in [5.41, 5.74) is 1.82. The number of thiophene rings is 1. The Balaban J connectivity index is 1.87. The van der Waals surface area contributed by atoms with Gasteiger partial charge in [-0.3, -0.25) is 9.59 Å². The predicted molar refractivity (Wildman–Crippen MR) is 123 cm³/mol. The first-order valence-electron chi connectivity index (χ1n) is 10.1. The molecule has 0 saturated carbocycles. The predicted octanol–water partition coefficient (Wildman–Crippen LogP) is 4.83. The van der Waals surface area contributed by atoms with E-state index < -0.39 is 23.5 Å². The van der Waals surface area contributed by atoms with Crippen LogP contribution in [0.1, 0.15) is 27.6 Å². The van der Waals surface area contributed by atoms with E-state index in [0.29, 0.717) is 17.1 Å². The lowest BCUT2D eigenvalue weighted by atomic mass is 9.97. The van der Waals surface area contributed by atoms with Crippen molar-refractivity contribution in [3.05, 3.63) is 86.9 Å². The molecule has 1 aromatic heterocycles. The second-order valence-electron chi connectivity index (χ2n) is 7.59. The number of methoxy groups -OCH3 is 2. The number of benzene rings is 2. The molecule has 1 fully saturated rings. The molecule has 2 heterocycles. The molecule has 0 aliphatic carbocycles. The number of carbonyl (C=O) groups is 2. The van der Waals surface area contributed by atoms with Gasteiger partial charge in [0, 0.05) is 17.5 Å². The van der Waals surface area contributed by atoms with Gasteiger partial charge in [0.15, 0.2) is 0 Å². The average Bonchev–Trinajstić information content (AvgIpc) is 3.35. The van der Waals surface area contributed by atoms with Crippen LogP contribution >= 0.6 is 11.3 Å². The lowest BCUT2D eigenvalue weighted by molar-refractivity contribution is -0.140. The maximum absolute atomic E-state index is 13.4. The number of nitrogens with zero attached hydrogens (tertiary/aromatic N) is 1. The molecule has 1 saturated heterocycles. The normalized spacial score (nSPS) is 17.5. The zero-order valence-electron chi connectivity index (χ0n) is 18.3. The third-order valence-corrected chi connectivity index (χ3v) is 6.69. The van der Waals surface area contributed by atoms with Crippen LogP contribution in [0, 0.1) is 12.7 Å². The first-order valence-corrected chi connectivity index (χ1v) is 11.0. The molecule has 1 atom stereocenters. The fourth-order valence-corrected chi connectivity index (χ4v) is 4.95. The van der Waals surface area contributed by atoms with E-state index >= 15 is 0 Å². The molecule has 0 spiro atoms. The van der Waals surface area contributed by atoms with Crippen LogP contribution in [0.2, 0.25) is 0 Å². The van der Waals surface area contributed by atoms with Crippen LogP contribution in [0.3, 0.4) is 0 Å². The van der Waals surface area contributed by atoms with Crippen molar-refractivity contribution >= 4 is 28.8 Å². The Morgan fingerprint density at radius 2 is 1.82 bits per heavy atom. The van der Waals surface area contributed by atoms with E-state index in [0.717, 1.165) is 10.4 Å². The Labute approximate surface area is 194 Å². The zero-order chi connectivity index (χ0) is 23.7. The van der Waals surface area contributed by atoms with Gasteiger partial charge in [0.2, 0.25) is 0 Å². The molecule has 6 nitrogen and oxygen atoms in total. The smallest absolute Gasteiger partial charge is 0.295 e. The second-order valence-corrected chi connectivity index (χ2v) is 8.54. The van der Waals surface area contributed by atoms with E-state index in [4.69, 9.17) is 9.47 Å². The summed E-state index contributed by atoms with van der Waals surface area (Å²) in [4.78, 5) is 28.5. The Kier molecular flexibility index (Phi) is 6.20. The van der Waals surface area contributed by atoms with Crippen molar-refractivity contribution in [3.8, 4) is 11.5 Å². The van der Waals surface area contributed by atoms with Crippen molar-refractivity contribution in [3.63, 3.8) is 0 Å². The summed E-state index contributed by atoms with van der Waals surface area (Å²) in [6.45, 7) is 1.97. The summed E-state index contributed by atoms with van der Waals surface area (Å²) in [7, 11) is 2.95. The minimum atomic E-state index is -0.790. The van der Waals surface area contributed by atoms with Crippen LogP contribution in [-0.2, 0) is 16.1 Å². The Bertz CT molecular complexity index is 1250. The number of rotatable bonds is 6. The van der Waals surface area contributed by atoms with Gasteiger partial charge >= 0.3 is 0 Å². The molecule has 3 aromatic rings. The van der Waals surface area contributed by atoms with Crippen LogP contribution in [0.5, 0.6) is 11.5 Å². The SMILES string of the molecule is COc1ccc(/C(O)=C2\C(=O)C(=O)N(Cc3ccc(F)cc3)C2c2sccc2C)c(OC)c1. The molecule has 1 aliphatic rings. The standard InChI is InChI=1S/C25H22FNO5S/c1-14-10-11-33-24(14)21-20(22(28)18-9-8-17(31-2)12-19(18)32-3)23(29)25(30)27(21)13-15-4-6-16(26)7-5-15/h4-12,21,28H,13H2,1-3H3/b22-20+. The van der Waals surface area contributed by atoms with Gasteiger partial charge in [-0.15, -0.1) is 11.3 Å². The lowest BCUT2D eigenvalue weighted by Gasteiger charge is -2.25. The van der Waals surface area contributed by atoms with Gasteiger partial charge in [-0.25, -0.2) is 4.39 Å². The van der Waals surface area contributed by atoms with Gasteiger partial charge in [0.1, 0.15) is 29.1 Å². The lowest BCUT2D eigenvalue weighted by Crippen LogP contribution is -2.29. The summed E-state index contributed by atoms with van der Waals surface area (Å²) in [6.07, 6.45) is 0. The minimum Gasteiger partial charge on any atom is -0.507 e. The first-order chi connectivity index (χ1) is 15.8. The minimum absolute atomic E-state index is 0.0175. The van der Waals surface area contributed by atoms with Gasteiger partial charge < -0.3 is 19.5 Å². The first kappa shape index (κ1) is 22.5. The van der Waals surface area contributed by atoms with E-state index in [1.54, 1.807) is 30.3 Å². The number of Topliss-reactive ketones (excluding diaryl/α,β-unsaturated/α-hetero) is 1. The number of amides is 1. The fourth-order valence-electron chi connectivity index (χ4n) is 3.91. The molecule has 4 rings (SSSR count). The number of halogens is 1. The van der Waals surface area contributed by atoms with Gasteiger partial charge in [0.25, 0.3) is 11.7 Å². The monoisotopic (exact) mass is 467 g/mol. The number of carbonyl (C=O) groups excluding carboxylic acids is 2. The summed E-state index contributed by atoms with van der Waals surface area (Å²) in [5, 5.41) is 13.2. The molecule has 2 aromatic carbocycles. The van der Waals surface area contributed by atoms with Crippen molar-refractivity contribution in [2.45, 2.75) is 19.5 Å². The van der Waals surface area contributed by atoms with Crippen LogP contribution < -0.4 is 9.47 Å². The molecule has 0 bridgehead atoms. The number of aryl methyl sites for hydroxylation is 1. The summed E-state index contributed by atoms with van der Waals surface area (Å²) < 4.78 is 24.0. The highest BCUT2D eigenvalue weighted by Gasteiger charge is 2.47. The Morgan fingerprint density at radius 1 is 1.09 bits per heavy atom. The highest BCUT2D eigenvalue weighted by molar-refractivity contribution is 7.10. The van der Waals surface area contributed by atoms with Crippen molar-refractivity contribution in [1.29, 1.82) is 0 Å². The van der Waals surface area contributed by atoms with Gasteiger partial charge in [-0.05, 0) is 53.8 Å². The molecule has 0 radical (unpaired) electrons. The van der Waals surface area contributed by atoms with Crippen LogP contribution in [0.4, 0.5) is 4.39 Å². The molecule has 1 unspecified atom stereocenters. The van der Waals surface area contributed by atoms with Crippen LogP contribution in [0.15, 0.2) is 59.5 Å². The Hall–Kier alpha value is -3.65. The molecule has 1 aliphatic heterocycles. The fraction of sp³-hybridized carbons (Fsp3) is 0.200. The number of likely N-dealkylation sites (tertiary alicyclic amines) is 1. The zero-order valence-corrected chi connectivity index (χ0v) is 19.1. The van der Waals surface area contributed by atoms with Crippen molar-refractivity contribution in [2.75, 3.05) is 14.2 Å². The van der Waals surface area contributed by atoms with E-state index in [1.165, 1.54) is 42.6 Å². The molecular formula is C25H22FNO5S. The molecule has 1 amide bonds. The molecule has 8 heteroatoms. The van der Waals surface area contributed by atoms with Crippen molar-refractivity contribution in [2.24, 2.45) is 0 Å². The third kappa shape index (κ3) is 4.09.